The minimum absolute atomic E-state index is 0.0190. The van der Waals surface area contributed by atoms with E-state index in [4.69, 9.17) is 9.47 Å². The summed E-state index contributed by atoms with van der Waals surface area (Å²) in [5.41, 5.74) is 0. The van der Waals surface area contributed by atoms with Gasteiger partial charge in [-0.2, -0.15) is 0 Å². The van der Waals surface area contributed by atoms with E-state index >= 15 is 0 Å². The maximum Gasteiger partial charge on any atom is 0.246 e. The van der Waals surface area contributed by atoms with Crippen molar-refractivity contribution in [2.45, 2.75) is 25.4 Å². The lowest BCUT2D eigenvalue weighted by atomic mass is 10.0. The van der Waals surface area contributed by atoms with Crippen molar-refractivity contribution < 1.29 is 14.3 Å². The highest BCUT2D eigenvalue weighted by atomic mass is 16.5. The Morgan fingerprint density at radius 2 is 2.26 bits per heavy atom. The molecule has 8 heteroatoms. The van der Waals surface area contributed by atoms with Crippen LogP contribution in [0.5, 0.6) is 0 Å². The number of carbonyl (C=O) groups is 1. The molecule has 0 radical (unpaired) electrons. The Kier molecular flexibility index (Phi) is 6.54. The number of anilines is 2. The van der Waals surface area contributed by atoms with Crippen LogP contribution in [0, 0.1) is 0 Å². The molecule has 2 rings (SSSR count). The molecule has 1 aromatic heterocycles. The van der Waals surface area contributed by atoms with Crippen molar-refractivity contribution in [3.05, 3.63) is 12.4 Å². The van der Waals surface area contributed by atoms with Crippen molar-refractivity contribution in [1.82, 2.24) is 15.3 Å². The summed E-state index contributed by atoms with van der Waals surface area (Å²) in [4.78, 5) is 22.2. The van der Waals surface area contributed by atoms with Gasteiger partial charge in [0.15, 0.2) is 0 Å². The zero-order chi connectivity index (χ0) is 16.7. The number of nitrogens with zero attached hydrogens (tertiary/aromatic N) is 3. The van der Waals surface area contributed by atoms with Gasteiger partial charge in [-0.05, 0) is 13.3 Å². The molecule has 1 fully saturated rings. The van der Waals surface area contributed by atoms with E-state index in [9.17, 15) is 4.79 Å². The fourth-order valence-corrected chi connectivity index (χ4v) is 2.36. The van der Waals surface area contributed by atoms with Gasteiger partial charge in [-0.3, -0.25) is 4.79 Å². The quantitative estimate of drug-likeness (QED) is 0.744. The van der Waals surface area contributed by atoms with Gasteiger partial charge in [-0.25, -0.2) is 9.97 Å². The van der Waals surface area contributed by atoms with Crippen LogP contribution < -0.4 is 15.5 Å². The minimum atomic E-state index is -0.109. The van der Waals surface area contributed by atoms with Gasteiger partial charge in [0.1, 0.15) is 24.6 Å². The van der Waals surface area contributed by atoms with Crippen molar-refractivity contribution in [2.75, 3.05) is 50.7 Å². The molecular weight excluding hydrogens is 298 g/mol. The van der Waals surface area contributed by atoms with E-state index in [-0.39, 0.29) is 24.6 Å². The number of nitrogens with one attached hydrogen (secondary N) is 2. The van der Waals surface area contributed by atoms with Crippen LogP contribution in [0.25, 0.3) is 0 Å². The summed E-state index contributed by atoms with van der Waals surface area (Å²) in [6.07, 6.45) is 2.27. The Bertz CT molecular complexity index is 512. The predicted molar refractivity (Wildman–Crippen MR) is 87.6 cm³/mol. The third-order valence-electron chi connectivity index (χ3n) is 3.58. The number of carbonyl (C=O) groups excluding carboxylic acids is 1. The molecule has 8 nitrogen and oxygen atoms in total. The Hall–Kier alpha value is -1.93. The van der Waals surface area contributed by atoms with E-state index in [2.05, 4.69) is 20.6 Å². The van der Waals surface area contributed by atoms with Crippen LogP contribution in [-0.2, 0) is 14.3 Å². The molecular formula is C15H25N5O3. The number of hydrogen-bond acceptors (Lipinski definition) is 7. The fourth-order valence-electron chi connectivity index (χ4n) is 2.36. The molecule has 2 heterocycles. The molecule has 0 aromatic carbocycles. The molecule has 0 bridgehead atoms. The zero-order valence-electron chi connectivity index (χ0n) is 13.9. The van der Waals surface area contributed by atoms with Crippen LogP contribution in [0.2, 0.25) is 0 Å². The van der Waals surface area contributed by atoms with Gasteiger partial charge in [0.2, 0.25) is 5.91 Å². The normalized spacial score (nSPS) is 20.8. The first kappa shape index (κ1) is 17.4. The van der Waals surface area contributed by atoms with Crippen LogP contribution >= 0.6 is 0 Å². The minimum Gasteiger partial charge on any atom is -0.379 e. The summed E-state index contributed by atoms with van der Waals surface area (Å²) in [5, 5.41) is 6.33. The molecule has 128 valence electrons. The smallest absolute Gasteiger partial charge is 0.246 e. The average Bonchev–Trinajstić information content (AvgIpc) is 2.55. The second kappa shape index (κ2) is 8.64. The van der Waals surface area contributed by atoms with E-state index in [1.165, 1.54) is 6.33 Å². The highest BCUT2D eigenvalue weighted by Gasteiger charge is 2.27. The first-order valence-corrected chi connectivity index (χ1v) is 7.81. The van der Waals surface area contributed by atoms with E-state index in [0.29, 0.717) is 25.6 Å². The summed E-state index contributed by atoms with van der Waals surface area (Å²) in [6, 6.07) is 1.81. The van der Waals surface area contributed by atoms with Crippen molar-refractivity contribution in [3.8, 4) is 0 Å². The van der Waals surface area contributed by atoms with Gasteiger partial charge in [-0.1, -0.05) is 0 Å². The number of ether oxygens (including phenoxy) is 2. The lowest BCUT2D eigenvalue weighted by Crippen LogP contribution is -2.53. The van der Waals surface area contributed by atoms with Gasteiger partial charge in [0.25, 0.3) is 0 Å². The van der Waals surface area contributed by atoms with Gasteiger partial charge in [0, 0.05) is 33.4 Å². The lowest BCUT2D eigenvalue weighted by molar-refractivity contribution is -0.127. The summed E-state index contributed by atoms with van der Waals surface area (Å²) in [5.74, 6) is 1.42. The van der Waals surface area contributed by atoms with E-state index in [1.807, 2.05) is 32.0 Å². The third kappa shape index (κ3) is 5.33. The zero-order valence-corrected chi connectivity index (χ0v) is 13.9. The van der Waals surface area contributed by atoms with Crippen molar-refractivity contribution >= 4 is 17.5 Å². The standard InChI is InChI=1S/C15H25N5O3/c1-4-22-9-15(21)19-11-5-6-23-8-12(11)18-13-7-14(20(2)3)17-10-16-13/h7,10-12H,4-6,8-9H2,1-3H3,(H,19,21)(H,16,17,18)/t11-,12+/m0/s1. The topological polar surface area (TPSA) is 88.6 Å². The molecule has 0 aliphatic carbocycles. The predicted octanol–water partition coefficient (Wildman–Crippen LogP) is 0.265. The highest BCUT2D eigenvalue weighted by Crippen LogP contribution is 2.16. The molecule has 1 amide bonds. The van der Waals surface area contributed by atoms with Crippen molar-refractivity contribution in [2.24, 2.45) is 0 Å². The monoisotopic (exact) mass is 323 g/mol. The lowest BCUT2D eigenvalue weighted by Gasteiger charge is -2.33. The van der Waals surface area contributed by atoms with Crippen LogP contribution in [0.3, 0.4) is 0 Å². The Labute approximate surface area is 136 Å². The summed E-state index contributed by atoms with van der Waals surface area (Å²) >= 11 is 0. The van der Waals surface area contributed by atoms with Crippen molar-refractivity contribution in [3.63, 3.8) is 0 Å². The maximum absolute atomic E-state index is 11.9. The van der Waals surface area contributed by atoms with Crippen molar-refractivity contribution in [1.29, 1.82) is 0 Å². The van der Waals surface area contributed by atoms with Gasteiger partial charge in [-0.15, -0.1) is 0 Å². The van der Waals surface area contributed by atoms with Crippen LogP contribution in [0.4, 0.5) is 11.6 Å². The second-order valence-corrected chi connectivity index (χ2v) is 5.58. The maximum atomic E-state index is 11.9. The summed E-state index contributed by atoms with van der Waals surface area (Å²) in [6.45, 7) is 3.62. The molecule has 0 unspecified atom stereocenters. The molecule has 1 aromatic rings. The molecule has 1 aliphatic heterocycles. The van der Waals surface area contributed by atoms with E-state index in [0.717, 1.165) is 12.2 Å². The average molecular weight is 323 g/mol. The number of rotatable bonds is 7. The highest BCUT2D eigenvalue weighted by molar-refractivity contribution is 5.77. The first-order chi connectivity index (χ1) is 11.1. The molecule has 1 saturated heterocycles. The van der Waals surface area contributed by atoms with Gasteiger partial charge >= 0.3 is 0 Å². The number of amides is 1. The third-order valence-corrected chi connectivity index (χ3v) is 3.58. The second-order valence-electron chi connectivity index (χ2n) is 5.58. The molecule has 23 heavy (non-hydrogen) atoms. The first-order valence-electron chi connectivity index (χ1n) is 7.81. The molecule has 1 aliphatic rings. The Balaban J connectivity index is 1.98. The Morgan fingerprint density at radius 3 is 3.00 bits per heavy atom. The van der Waals surface area contributed by atoms with Gasteiger partial charge < -0.3 is 25.0 Å². The molecule has 0 saturated carbocycles. The van der Waals surface area contributed by atoms with E-state index < -0.39 is 0 Å². The number of aromatic nitrogens is 2. The van der Waals surface area contributed by atoms with Crippen LogP contribution in [-0.4, -0.2) is 68.5 Å². The molecule has 2 atom stereocenters. The SMILES string of the molecule is CCOCC(=O)N[C@H]1CCOC[C@H]1Nc1cc(N(C)C)ncn1. The Morgan fingerprint density at radius 1 is 1.43 bits per heavy atom. The van der Waals surface area contributed by atoms with Gasteiger partial charge in [0.05, 0.1) is 18.7 Å². The summed E-state index contributed by atoms with van der Waals surface area (Å²) < 4.78 is 10.7. The van der Waals surface area contributed by atoms with E-state index in [1.54, 1.807) is 0 Å². The molecule has 0 spiro atoms. The van der Waals surface area contributed by atoms with Crippen LogP contribution in [0.15, 0.2) is 12.4 Å². The molecule has 2 N–H and O–H groups in total. The largest absolute Gasteiger partial charge is 0.379 e. The fraction of sp³-hybridized carbons (Fsp3) is 0.667. The summed E-state index contributed by atoms with van der Waals surface area (Å²) in [7, 11) is 3.85. The van der Waals surface area contributed by atoms with Crippen LogP contribution in [0.1, 0.15) is 13.3 Å². The number of hydrogen-bond donors (Lipinski definition) is 2.